The van der Waals surface area contributed by atoms with Gasteiger partial charge in [-0.3, -0.25) is 9.69 Å². The van der Waals surface area contributed by atoms with Crippen molar-refractivity contribution in [1.29, 1.82) is 0 Å². The van der Waals surface area contributed by atoms with E-state index in [1.54, 1.807) is 20.2 Å². The topological polar surface area (TPSA) is 40.5 Å². The predicted molar refractivity (Wildman–Crippen MR) is 58.2 cm³/mol. The lowest BCUT2D eigenvalue weighted by Gasteiger charge is -2.20. The van der Waals surface area contributed by atoms with Crippen LogP contribution >= 0.6 is 15.9 Å². The number of nitrogens with zero attached hydrogens (tertiary/aromatic N) is 1. The molecule has 1 atom stereocenters. The standard InChI is InChI=1S/C10H11BrFNO2/c1-13(2)9(10(14)15)7-4-3-6(11)5-8(7)12/h3-5,9H,1-2H3,(H,14,15). The Morgan fingerprint density at radius 1 is 1.53 bits per heavy atom. The molecule has 0 radical (unpaired) electrons. The zero-order valence-electron chi connectivity index (χ0n) is 8.37. The molecular weight excluding hydrogens is 265 g/mol. The normalized spacial score (nSPS) is 12.9. The lowest BCUT2D eigenvalue weighted by atomic mass is 10.1. The van der Waals surface area contributed by atoms with E-state index in [9.17, 15) is 9.18 Å². The molecule has 0 heterocycles. The van der Waals surface area contributed by atoms with Crippen LogP contribution in [0.2, 0.25) is 0 Å². The first-order valence-electron chi connectivity index (χ1n) is 4.27. The second kappa shape index (κ2) is 4.72. The van der Waals surface area contributed by atoms with Crippen LogP contribution in [0.25, 0.3) is 0 Å². The molecular formula is C10H11BrFNO2. The maximum absolute atomic E-state index is 13.5. The first-order chi connectivity index (χ1) is 6.93. The average molecular weight is 276 g/mol. The van der Waals surface area contributed by atoms with Gasteiger partial charge < -0.3 is 5.11 Å². The number of benzene rings is 1. The summed E-state index contributed by atoms with van der Waals surface area (Å²) in [4.78, 5) is 12.4. The molecule has 0 aliphatic heterocycles. The highest BCUT2D eigenvalue weighted by molar-refractivity contribution is 9.10. The highest BCUT2D eigenvalue weighted by atomic mass is 79.9. The van der Waals surface area contributed by atoms with Crippen LogP contribution in [-0.4, -0.2) is 30.1 Å². The smallest absolute Gasteiger partial charge is 0.325 e. The van der Waals surface area contributed by atoms with Crippen LogP contribution in [0.3, 0.4) is 0 Å². The minimum Gasteiger partial charge on any atom is -0.480 e. The van der Waals surface area contributed by atoms with Crippen molar-refractivity contribution in [2.75, 3.05) is 14.1 Å². The Hall–Kier alpha value is -0.940. The Morgan fingerprint density at radius 2 is 2.13 bits per heavy atom. The third-order valence-electron chi connectivity index (χ3n) is 2.01. The maximum atomic E-state index is 13.5. The van der Waals surface area contributed by atoms with Crippen molar-refractivity contribution in [1.82, 2.24) is 4.90 Å². The Morgan fingerprint density at radius 3 is 2.53 bits per heavy atom. The summed E-state index contributed by atoms with van der Waals surface area (Å²) in [5, 5.41) is 8.97. The van der Waals surface area contributed by atoms with Crippen molar-refractivity contribution >= 4 is 21.9 Å². The first kappa shape index (κ1) is 12.1. The molecule has 0 saturated heterocycles. The van der Waals surface area contributed by atoms with Gasteiger partial charge in [0.05, 0.1) is 0 Å². The van der Waals surface area contributed by atoms with E-state index in [1.807, 2.05) is 0 Å². The second-order valence-electron chi connectivity index (χ2n) is 3.37. The number of likely N-dealkylation sites (N-methyl/N-ethyl adjacent to an activating group) is 1. The van der Waals surface area contributed by atoms with Gasteiger partial charge in [0.15, 0.2) is 0 Å². The monoisotopic (exact) mass is 275 g/mol. The molecule has 1 rings (SSSR count). The van der Waals surface area contributed by atoms with E-state index in [-0.39, 0.29) is 5.56 Å². The molecule has 0 aromatic heterocycles. The zero-order valence-corrected chi connectivity index (χ0v) is 9.95. The fourth-order valence-electron chi connectivity index (χ4n) is 1.36. The van der Waals surface area contributed by atoms with E-state index >= 15 is 0 Å². The van der Waals surface area contributed by atoms with E-state index in [4.69, 9.17) is 5.11 Å². The predicted octanol–water partition coefficient (Wildman–Crippen LogP) is 2.28. The molecule has 82 valence electrons. The van der Waals surface area contributed by atoms with Crippen molar-refractivity contribution in [3.05, 3.63) is 34.1 Å². The molecule has 0 amide bonds. The average Bonchev–Trinajstić information content (AvgIpc) is 2.08. The summed E-state index contributed by atoms with van der Waals surface area (Å²) < 4.78 is 14.1. The van der Waals surface area contributed by atoms with Crippen LogP contribution in [0.15, 0.2) is 22.7 Å². The molecule has 1 N–H and O–H groups in total. The van der Waals surface area contributed by atoms with Gasteiger partial charge in [-0.25, -0.2) is 4.39 Å². The Bertz CT molecular complexity index is 382. The fourth-order valence-corrected chi connectivity index (χ4v) is 1.69. The lowest BCUT2D eigenvalue weighted by Crippen LogP contribution is -2.28. The number of carboxylic acid groups (broad SMARTS) is 1. The number of halogens is 2. The summed E-state index contributed by atoms with van der Waals surface area (Å²) in [5.74, 6) is -1.59. The summed E-state index contributed by atoms with van der Waals surface area (Å²) in [6.45, 7) is 0. The van der Waals surface area contributed by atoms with E-state index in [0.717, 1.165) is 0 Å². The number of hydrogen-bond acceptors (Lipinski definition) is 2. The van der Waals surface area contributed by atoms with E-state index in [2.05, 4.69) is 15.9 Å². The number of carboxylic acids is 1. The van der Waals surface area contributed by atoms with Crippen LogP contribution in [0.1, 0.15) is 11.6 Å². The van der Waals surface area contributed by atoms with Gasteiger partial charge in [-0.1, -0.05) is 22.0 Å². The summed E-state index contributed by atoms with van der Waals surface area (Å²) in [6, 6.07) is 3.39. The fraction of sp³-hybridized carbons (Fsp3) is 0.300. The number of rotatable bonds is 3. The molecule has 3 nitrogen and oxygen atoms in total. The molecule has 0 fully saturated rings. The quantitative estimate of drug-likeness (QED) is 0.920. The summed E-state index contributed by atoms with van der Waals surface area (Å²) in [6.07, 6.45) is 0. The van der Waals surface area contributed by atoms with Crippen LogP contribution < -0.4 is 0 Å². The molecule has 0 saturated carbocycles. The molecule has 0 bridgehead atoms. The van der Waals surface area contributed by atoms with Crippen molar-refractivity contribution in [3.63, 3.8) is 0 Å². The highest BCUT2D eigenvalue weighted by Gasteiger charge is 2.25. The minimum atomic E-state index is -1.07. The van der Waals surface area contributed by atoms with Gasteiger partial charge in [0.2, 0.25) is 0 Å². The molecule has 0 aliphatic carbocycles. The summed E-state index contributed by atoms with van der Waals surface area (Å²) in [7, 11) is 3.19. The molecule has 1 unspecified atom stereocenters. The van der Waals surface area contributed by atoms with Crippen LogP contribution in [-0.2, 0) is 4.79 Å². The van der Waals surface area contributed by atoms with Gasteiger partial charge in [0, 0.05) is 10.0 Å². The van der Waals surface area contributed by atoms with Crippen LogP contribution in [0, 0.1) is 5.82 Å². The third-order valence-corrected chi connectivity index (χ3v) is 2.50. The molecule has 1 aromatic carbocycles. The SMILES string of the molecule is CN(C)C(C(=O)O)c1ccc(Br)cc1F. The number of hydrogen-bond donors (Lipinski definition) is 1. The van der Waals surface area contributed by atoms with Crippen molar-refractivity contribution in [2.45, 2.75) is 6.04 Å². The minimum absolute atomic E-state index is 0.163. The molecule has 0 aliphatic rings. The van der Waals surface area contributed by atoms with Gasteiger partial charge >= 0.3 is 5.97 Å². The first-order valence-corrected chi connectivity index (χ1v) is 5.07. The third kappa shape index (κ3) is 2.76. The largest absolute Gasteiger partial charge is 0.480 e. The van der Waals surface area contributed by atoms with Crippen molar-refractivity contribution < 1.29 is 14.3 Å². The van der Waals surface area contributed by atoms with Crippen molar-refractivity contribution in [3.8, 4) is 0 Å². The Labute approximate surface area is 95.6 Å². The van der Waals surface area contributed by atoms with E-state index in [0.29, 0.717) is 4.47 Å². The Balaban J connectivity index is 3.17. The molecule has 0 spiro atoms. The van der Waals surface area contributed by atoms with E-state index in [1.165, 1.54) is 17.0 Å². The summed E-state index contributed by atoms with van der Waals surface area (Å²) >= 11 is 3.12. The van der Waals surface area contributed by atoms with Crippen LogP contribution in [0.4, 0.5) is 4.39 Å². The second-order valence-corrected chi connectivity index (χ2v) is 4.29. The van der Waals surface area contributed by atoms with E-state index < -0.39 is 17.8 Å². The molecule has 5 heteroatoms. The van der Waals surface area contributed by atoms with Gasteiger partial charge in [-0.05, 0) is 26.2 Å². The number of carbonyl (C=O) groups is 1. The van der Waals surface area contributed by atoms with Gasteiger partial charge in [0.1, 0.15) is 11.9 Å². The molecule has 15 heavy (non-hydrogen) atoms. The zero-order chi connectivity index (χ0) is 11.6. The Kier molecular flexibility index (Phi) is 3.82. The molecule has 1 aromatic rings. The van der Waals surface area contributed by atoms with Gasteiger partial charge in [0.25, 0.3) is 0 Å². The number of aliphatic carboxylic acids is 1. The maximum Gasteiger partial charge on any atom is 0.325 e. The highest BCUT2D eigenvalue weighted by Crippen LogP contribution is 2.24. The van der Waals surface area contributed by atoms with Gasteiger partial charge in [-0.2, -0.15) is 0 Å². The van der Waals surface area contributed by atoms with Gasteiger partial charge in [-0.15, -0.1) is 0 Å². The van der Waals surface area contributed by atoms with Crippen LogP contribution in [0.5, 0.6) is 0 Å². The van der Waals surface area contributed by atoms with Crippen molar-refractivity contribution in [2.24, 2.45) is 0 Å². The summed E-state index contributed by atoms with van der Waals surface area (Å²) in [5.41, 5.74) is 0.163. The lowest BCUT2D eigenvalue weighted by molar-refractivity contribution is -0.142.